The summed E-state index contributed by atoms with van der Waals surface area (Å²) in [5.41, 5.74) is 4.44. The molecule has 0 spiro atoms. The average molecular weight is 414 g/mol. The van der Waals surface area contributed by atoms with Gasteiger partial charge in [-0.3, -0.25) is 14.5 Å². The third-order valence-corrected chi connectivity index (χ3v) is 5.38. The maximum atomic E-state index is 12.8. The Bertz CT molecular complexity index is 1040. The van der Waals surface area contributed by atoms with Gasteiger partial charge in [0.25, 0.3) is 5.91 Å². The predicted octanol–water partition coefficient (Wildman–Crippen LogP) is 4.22. The van der Waals surface area contributed by atoms with Crippen molar-refractivity contribution in [1.82, 2.24) is 4.98 Å². The molecule has 0 radical (unpaired) electrons. The molecule has 4 rings (SSSR count). The lowest BCUT2D eigenvalue weighted by molar-refractivity contribution is -0.125. The summed E-state index contributed by atoms with van der Waals surface area (Å²) in [4.78, 5) is 31.2. The second-order valence-corrected chi connectivity index (χ2v) is 7.38. The number of carbonyl (C=O) groups is 2. The van der Waals surface area contributed by atoms with Crippen molar-refractivity contribution in [2.24, 2.45) is 0 Å². The summed E-state index contributed by atoms with van der Waals surface area (Å²) in [5.74, 6) is -0.0749. The lowest BCUT2D eigenvalue weighted by atomic mass is 10.1. The molecule has 1 unspecified atom stereocenters. The van der Waals surface area contributed by atoms with E-state index in [0.29, 0.717) is 22.1 Å². The molecule has 8 heteroatoms. The number of aromatic nitrogens is 1. The molecular formula is C20H16ClN3O3S. The monoisotopic (exact) mass is 413 g/mol. The van der Waals surface area contributed by atoms with E-state index in [-0.39, 0.29) is 18.4 Å². The molecule has 142 valence electrons. The van der Waals surface area contributed by atoms with Crippen LogP contribution >= 0.6 is 22.9 Å². The molecule has 1 aliphatic heterocycles. The summed E-state index contributed by atoms with van der Waals surface area (Å²) >= 11 is 7.61. The number of nitrogens with one attached hydrogen (secondary N) is 1. The van der Waals surface area contributed by atoms with Crippen molar-refractivity contribution in [2.75, 3.05) is 16.8 Å². The Morgan fingerprint density at radius 2 is 2.14 bits per heavy atom. The largest absolute Gasteiger partial charge is 0.482 e. The van der Waals surface area contributed by atoms with Crippen LogP contribution < -0.4 is 15.0 Å². The first-order valence-corrected chi connectivity index (χ1v) is 9.89. The molecule has 6 nitrogen and oxygen atoms in total. The molecule has 2 aromatic carbocycles. The standard InChI is InChI=1S/C20H16ClN3O3S/c1-12(20(26)23-15-5-3-2-4-14(15)21)24-17-8-13(16-10-28-11-22-16)6-7-18(17)27-9-19(24)25/h2-8,10-12H,9H2,1H3,(H,23,26). The number of halogens is 1. The third-order valence-electron chi connectivity index (χ3n) is 4.46. The average Bonchev–Trinajstić information content (AvgIpc) is 3.23. The zero-order valence-corrected chi connectivity index (χ0v) is 16.5. The topological polar surface area (TPSA) is 71.5 Å². The molecule has 0 fully saturated rings. The van der Waals surface area contributed by atoms with E-state index in [1.54, 1.807) is 42.8 Å². The van der Waals surface area contributed by atoms with Crippen LogP contribution in [0.25, 0.3) is 11.3 Å². The molecule has 0 bridgehead atoms. The minimum absolute atomic E-state index is 0.118. The minimum atomic E-state index is -0.753. The van der Waals surface area contributed by atoms with Crippen molar-refractivity contribution in [1.29, 1.82) is 0 Å². The van der Waals surface area contributed by atoms with E-state index in [0.717, 1.165) is 11.3 Å². The molecule has 3 aromatic rings. The number of fused-ring (bicyclic) bond motifs is 1. The van der Waals surface area contributed by atoms with E-state index in [2.05, 4.69) is 10.3 Å². The van der Waals surface area contributed by atoms with Crippen LogP contribution in [-0.2, 0) is 9.59 Å². The molecule has 1 N–H and O–H groups in total. The Balaban J connectivity index is 1.65. The maximum absolute atomic E-state index is 12.8. The highest BCUT2D eigenvalue weighted by Crippen LogP contribution is 2.37. The Labute approximate surface area is 170 Å². The molecule has 28 heavy (non-hydrogen) atoms. The van der Waals surface area contributed by atoms with Crippen molar-refractivity contribution in [3.8, 4) is 17.0 Å². The van der Waals surface area contributed by atoms with Gasteiger partial charge >= 0.3 is 0 Å². The SMILES string of the molecule is CC(C(=O)Nc1ccccc1Cl)N1C(=O)COc2ccc(-c3cscn3)cc21. The fraction of sp³-hybridized carbons (Fsp3) is 0.150. The maximum Gasteiger partial charge on any atom is 0.265 e. The van der Waals surface area contributed by atoms with Crippen LogP contribution in [0.2, 0.25) is 5.02 Å². The van der Waals surface area contributed by atoms with Gasteiger partial charge in [-0.25, -0.2) is 4.98 Å². The highest BCUT2D eigenvalue weighted by Gasteiger charge is 2.33. The number of para-hydroxylation sites is 1. The highest BCUT2D eigenvalue weighted by atomic mass is 35.5. The number of benzene rings is 2. The van der Waals surface area contributed by atoms with E-state index in [4.69, 9.17) is 16.3 Å². The van der Waals surface area contributed by atoms with Crippen molar-refractivity contribution in [3.63, 3.8) is 0 Å². The fourth-order valence-corrected chi connectivity index (χ4v) is 3.77. The predicted molar refractivity (Wildman–Crippen MR) is 110 cm³/mol. The van der Waals surface area contributed by atoms with Gasteiger partial charge in [-0.05, 0) is 37.3 Å². The van der Waals surface area contributed by atoms with E-state index in [1.807, 2.05) is 17.5 Å². The fourth-order valence-electron chi connectivity index (χ4n) is 3.03. The molecule has 0 saturated carbocycles. The number of rotatable bonds is 4. The molecule has 2 heterocycles. The smallest absolute Gasteiger partial charge is 0.265 e. The van der Waals surface area contributed by atoms with Crippen molar-refractivity contribution in [2.45, 2.75) is 13.0 Å². The zero-order chi connectivity index (χ0) is 19.7. The second-order valence-electron chi connectivity index (χ2n) is 6.25. The van der Waals surface area contributed by atoms with Gasteiger partial charge in [-0.1, -0.05) is 23.7 Å². The van der Waals surface area contributed by atoms with Crippen molar-refractivity contribution in [3.05, 3.63) is 58.4 Å². The van der Waals surface area contributed by atoms with E-state index in [1.165, 1.54) is 16.2 Å². The normalized spacial score (nSPS) is 14.2. The van der Waals surface area contributed by atoms with Crippen LogP contribution in [0.1, 0.15) is 6.92 Å². The number of hydrogen-bond donors (Lipinski definition) is 1. The molecule has 1 aliphatic rings. The van der Waals surface area contributed by atoms with Crippen LogP contribution in [0.5, 0.6) is 5.75 Å². The molecule has 2 amide bonds. The first kappa shape index (κ1) is 18.5. The second kappa shape index (κ2) is 7.61. The number of amides is 2. The Kier molecular flexibility index (Phi) is 5.02. The van der Waals surface area contributed by atoms with Gasteiger partial charge in [-0.2, -0.15) is 0 Å². The Morgan fingerprint density at radius 3 is 2.89 bits per heavy atom. The van der Waals surface area contributed by atoms with E-state index in [9.17, 15) is 9.59 Å². The van der Waals surface area contributed by atoms with Gasteiger partial charge in [0.1, 0.15) is 11.8 Å². The number of nitrogens with zero attached hydrogens (tertiary/aromatic N) is 2. The first-order valence-electron chi connectivity index (χ1n) is 8.57. The van der Waals surface area contributed by atoms with Crippen molar-refractivity contribution >= 4 is 46.1 Å². The van der Waals surface area contributed by atoms with Gasteiger partial charge in [-0.15, -0.1) is 11.3 Å². The van der Waals surface area contributed by atoms with Crippen LogP contribution in [0.4, 0.5) is 11.4 Å². The lowest BCUT2D eigenvalue weighted by Crippen LogP contribution is -2.49. The third kappa shape index (κ3) is 3.46. The summed E-state index contributed by atoms with van der Waals surface area (Å²) in [7, 11) is 0. The van der Waals surface area contributed by atoms with Gasteiger partial charge in [0.2, 0.25) is 5.91 Å². The molecule has 1 atom stereocenters. The van der Waals surface area contributed by atoms with Crippen LogP contribution in [0.15, 0.2) is 53.4 Å². The van der Waals surface area contributed by atoms with E-state index < -0.39 is 6.04 Å². The number of ether oxygens (including phenoxy) is 1. The van der Waals surface area contributed by atoms with Crippen LogP contribution in [0.3, 0.4) is 0 Å². The first-order chi connectivity index (χ1) is 13.5. The van der Waals surface area contributed by atoms with Gasteiger partial charge in [0, 0.05) is 10.9 Å². The lowest BCUT2D eigenvalue weighted by Gasteiger charge is -2.33. The quantitative estimate of drug-likeness (QED) is 0.695. The highest BCUT2D eigenvalue weighted by molar-refractivity contribution is 7.07. The zero-order valence-electron chi connectivity index (χ0n) is 14.9. The van der Waals surface area contributed by atoms with Crippen molar-refractivity contribution < 1.29 is 14.3 Å². The van der Waals surface area contributed by atoms with Crippen LogP contribution in [-0.4, -0.2) is 29.4 Å². The Hall–Kier alpha value is -2.90. The number of thiazole rings is 1. The van der Waals surface area contributed by atoms with Gasteiger partial charge in [0.15, 0.2) is 6.61 Å². The van der Waals surface area contributed by atoms with Gasteiger partial charge < -0.3 is 10.1 Å². The number of hydrogen-bond acceptors (Lipinski definition) is 5. The molecule has 0 aliphatic carbocycles. The van der Waals surface area contributed by atoms with Crippen LogP contribution in [0, 0.1) is 0 Å². The summed E-state index contributed by atoms with van der Waals surface area (Å²) < 4.78 is 5.54. The molecule has 1 aromatic heterocycles. The van der Waals surface area contributed by atoms with E-state index >= 15 is 0 Å². The van der Waals surface area contributed by atoms with Gasteiger partial charge in [0.05, 0.1) is 27.6 Å². The summed E-state index contributed by atoms with van der Waals surface area (Å²) in [6.45, 7) is 1.56. The Morgan fingerprint density at radius 1 is 1.32 bits per heavy atom. The number of carbonyl (C=O) groups excluding carboxylic acids is 2. The summed E-state index contributed by atoms with van der Waals surface area (Å²) in [6, 6.07) is 11.7. The molecule has 0 saturated heterocycles. The summed E-state index contributed by atoms with van der Waals surface area (Å²) in [5, 5.41) is 5.14. The number of anilines is 2. The summed E-state index contributed by atoms with van der Waals surface area (Å²) in [6.07, 6.45) is 0. The minimum Gasteiger partial charge on any atom is -0.482 e. The molecular weight excluding hydrogens is 398 g/mol.